The Hall–Kier alpha value is -2.32. The van der Waals surface area contributed by atoms with Gasteiger partial charge in [0.25, 0.3) is 12.3 Å². The third kappa shape index (κ3) is 7.09. The Labute approximate surface area is 207 Å². The lowest BCUT2D eigenvalue weighted by Crippen LogP contribution is -2.29. The maximum Gasteiger partial charge on any atom is 0.412 e. The number of aromatic nitrogens is 3. The van der Waals surface area contributed by atoms with E-state index in [-0.39, 0.29) is 16.4 Å². The Bertz CT molecular complexity index is 1030. The van der Waals surface area contributed by atoms with Gasteiger partial charge in [-0.25, -0.2) is 23.2 Å². The highest BCUT2D eigenvalue weighted by Crippen LogP contribution is 2.32. The van der Waals surface area contributed by atoms with Crippen molar-refractivity contribution in [3.63, 3.8) is 0 Å². The summed E-state index contributed by atoms with van der Waals surface area (Å²) in [5.74, 6) is -0.320. The number of rotatable bonds is 6. The van der Waals surface area contributed by atoms with Crippen LogP contribution in [0.25, 0.3) is 0 Å². The second-order valence-electron chi connectivity index (χ2n) is 8.75. The van der Waals surface area contributed by atoms with Crippen LogP contribution in [0.3, 0.4) is 0 Å². The number of anilines is 3. The first-order valence-corrected chi connectivity index (χ1v) is 12.3. The third-order valence-electron chi connectivity index (χ3n) is 4.80. The SMILES string of the molecule is CC(C)(C)OC(=O)Nc1sc(Br)nc1C(=O)Nc1cnn(CC(F)F)c1N1CCCC(O)CC1. The lowest BCUT2D eigenvalue weighted by atomic mass is 10.2. The molecule has 3 heterocycles. The van der Waals surface area contributed by atoms with Crippen LogP contribution in [-0.4, -0.2) is 63.1 Å². The number of alkyl halides is 2. The Morgan fingerprint density at radius 2 is 2.06 bits per heavy atom. The van der Waals surface area contributed by atoms with E-state index in [0.717, 1.165) is 16.0 Å². The van der Waals surface area contributed by atoms with Crippen molar-refractivity contribution >= 4 is 55.8 Å². The van der Waals surface area contributed by atoms with E-state index in [9.17, 15) is 23.5 Å². The van der Waals surface area contributed by atoms with Crippen molar-refractivity contribution in [3.05, 3.63) is 15.8 Å². The number of hydrogen-bond donors (Lipinski definition) is 3. The van der Waals surface area contributed by atoms with E-state index in [0.29, 0.717) is 42.1 Å². The van der Waals surface area contributed by atoms with Gasteiger partial charge < -0.3 is 20.1 Å². The zero-order valence-corrected chi connectivity index (χ0v) is 21.4. The molecule has 2 aromatic heterocycles. The number of hydrogen-bond acceptors (Lipinski definition) is 8. The number of aliphatic hydroxyl groups is 1. The molecule has 2 aromatic rings. The number of halogens is 3. The van der Waals surface area contributed by atoms with Gasteiger partial charge in [-0.05, 0) is 56.0 Å². The first-order valence-electron chi connectivity index (χ1n) is 10.7. The molecule has 1 aliphatic heterocycles. The van der Waals surface area contributed by atoms with E-state index in [4.69, 9.17) is 4.74 Å². The lowest BCUT2D eigenvalue weighted by molar-refractivity contribution is 0.0636. The van der Waals surface area contributed by atoms with Crippen molar-refractivity contribution in [2.75, 3.05) is 28.6 Å². The molecular weight excluding hydrogens is 538 g/mol. The Kier molecular flexibility index (Phi) is 8.47. The van der Waals surface area contributed by atoms with Gasteiger partial charge in [-0.2, -0.15) is 5.10 Å². The first kappa shape index (κ1) is 26.3. The molecule has 2 amide bonds. The molecule has 0 radical (unpaired) electrons. The summed E-state index contributed by atoms with van der Waals surface area (Å²) in [6, 6.07) is 0. The molecule has 14 heteroatoms. The molecule has 0 aromatic carbocycles. The summed E-state index contributed by atoms with van der Waals surface area (Å²) in [6.07, 6.45) is -0.811. The van der Waals surface area contributed by atoms with Crippen LogP contribution in [0.1, 0.15) is 50.5 Å². The van der Waals surface area contributed by atoms with E-state index in [1.165, 1.54) is 6.20 Å². The standard InChI is InChI=1S/C20H27BrF2N6O4S/c1-20(2,3)33-19(32)27-16-14(26-18(21)34-16)15(31)25-12-9-24-29(10-13(22)23)17(12)28-7-4-5-11(30)6-8-28/h9,11,13,30H,4-8,10H2,1-3H3,(H,25,31)(H,27,32). The van der Waals surface area contributed by atoms with Crippen molar-refractivity contribution < 1.29 is 28.2 Å². The highest BCUT2D eigenvalue weighted by Gasteiger charge is 2.27. The fourth-order valence-corrected chi connectivity index (χ4v) is 4.80. The number of aliphatic hydroxyl groups excluding tert-OH is 1. The van der Waals surface area contributed by atoms with Crippen molar-refractivity contribution in [2.24, 2.45) is 0 Å². The molecule has 1 fully saturated rings. The summed E-state index contributed by atoms with van der Waals surface area (Å²) in [7, 11) is 0. The Balaban J connectivity index is 1.85. The quantitative estimate of drug-likeness (QED) is 0.477. The van der Waals surface area contributed by atoms with E-state index >= 15 is 0 Å². The minimum atomic E-state index is -2.64. The van der Waals surface area contributed by atoms with Gasteiger partial charge in [0, 0.05) is 13.1 Å². The molecule has 188 valence electrons. The van der Waals surface area contributed by atoms with Gasteiger partial charge in [-0.3, -0.25) is 10.1 Å². The number of amides is 2. The van der Waals surface area contributed by atoms with Crippen LogP contribution in [0.15, 0.2) is 10.1 Å². The summed E-state index contributed by atoms with van der Waals surface area (Å²) in [5, 5.41) is 19.4. The molecular formula is C20H27BrF2N6O4S. The zero-order chi connectivity index (χ0) is 25.0. The molecule has 1 saturated heterocycles. The van der Waals surface area contributed by atoms with E-state index in [1.54, 1.807) is 20.8 Å². The van der Waals surface area contributed by atoms with Gasteiger partial charge in [0.15, 0.2) is 15.4 Å². The van der Waals surface area contributed by atoms with Crippen LogP contribution in [-0.2, 0) is 11.3 Å². The van der Waals surface area contributed by atoms with Crippen LogP contribution in [0.5, 0.6) is 0 Å². The van der Waals surface area contributed by atoms with Crippen LogP contribution < -0.4 is 15.5 Å². The minimum Gasteiger partial charge on any atom is -0.444 e. The first-order chi connectivity index (χ1) is 15.9. The molecule has 34 heavy (non-hydrogen) atoms. The molecule has 0 aliphatic carbocycles. The Morgan fingerprint density at radius 1 is 1.32 bits per heavy atom. The summed E-state index contributed by atoms with van der Waals surface area (Å²) < 4.78 is 33.1. The maximum absolute atomic E-state index is 13.2. The second kappa shape index (κ2) is 11.0. The number of nitrogens with one attached hydrogen (secondary N) is 2. The normalized spacial score (nSPS) is 16.9. The largest absolute Gasteiger partial charge is 0.444 e. The zero-order valence-electron chi connectivity index (χ0n) is 19.0. The van der Waals surface area contributed by atoms with Crippen LogP contribution in [0.4, 0.5) is 30.1 Å². The Morgan fingerprint density at radius 3 is 2.74 bits per heavy atom. The number of thiazole rings is 1. The molecule has 3 rings (SSSR count). The highest BCUT2D eigenvalue weighted by atomic mass is 79.9. The van der Waals surface area contributed by atoms with E-state index in [2.05, 4.69) is 36.6 Å². The van der Waals surface area contributed by atoms with Gasteiger partial charge >= 0.3 is 6.09 Å². The highest BCUT2D eigenvalue weighted by molar-refractivity contribution is 9.11. The van der Waals surface area contributed by atoms with Gasteiger partial charge in [0.1, 0.15) is 22.8 Å². The molecule has 10 nitrogen and oxygen atoms in total. The summed E-state index contributed by atoms with van der Waals surface area (Å²) in [4.78, 5) is 31.2. The van der Waals surface area contributed by atoms with Crippen molar-refractivity contribution in [1.82, 2.24) is 14.8 Å². The number of ether oxygens (including phenoxy) is 1. The van der Waals surface area contributed by atoms with Crippen LogP contribution in [0, 0.1) is 0 Å². The molecule has 1 atom stereocenters. The van der Waals surface area contributed by atoms with Gasteiger partial charge in [-0.1, -0.05) is 11.3 Å². The van der Waals surface area contributed by atoms with Gasteiger partial charge in [-0.15, -0.1) is 0 Å². The van der Waals surface area contributed by atoms with Crippen molar-refractivity contribution in [3.8, 4) is 0 Å². The maximum atomic E-state index is 13.2. The number of carbonyl (C=O) groups excluding carboxylic acids is 2. The average molecular weight is 565 g/mol. The second-order valence-corrected chi connectivity index (χ2v) is 11.0. The topological polar surface area (TPSA) is 122 Å². The monoisotopic (exact) mass is 564 g/mol. The predicted octanol–water partition coefficient (Wildman–Crippen LogP) is 4.32. The smallest absolute Gasteiger partial charge is 0.412 e. The van der Waals surface area contributed by atoms with Gasteiger partial charge in [0.2, 0.25) is 0 Å². The minimum absolute atomic E-state index is 0.0680. The van der Waals surface area contributed by atoms with Crippen LogP contribution in [0.2, 0.25) is 0 Å². The van der Waals surface area contributed by atoms with Gasteiger partial charge in [0.05, 0.1) is 12.3 Å². The lowest BCUT2D eigenvalue weighted by Gasteiger charge is -2.25. The fraction of sp³-hybridized carbons (Fsp3) is 0.600. The van der Waals surface area contributed by atoms with Crippen molar-refractivity contribution in [1.29, 1.82) is 0 Å². The number of nitrogens with zero attached hydrogens (tertiary/aromatic N) is 4. The summed E-state index contributed by atoms with van der Waals surface area (Å²) >= 11 is 4.25. The number of carbonyl (C=O) groups is 2. The fourth-order valence-electron chi connectivity index (χ4n) is 3.47. The molecule has 0 bridgehead atoms. The van der Waals surface area contributed by atoms with E-state index < -0.39 is 36.7 Å². The third-order valence-corrected chi connectivity index (χ3v) is 6.22. The van der Waals surface area contributed by atoms with Crippen molar-refractivity contribution in [2.45, 2.75) is 64.7 Å². The summed E-state index contributed by atoms with van der Waals surface area (Å²) in [5.41, 5.74) is -0.570. The molecule has 1 aliphatic rings. The van der Waals surface area contributed by atoms with Crippen LogP contribution >= 0.6 is 27.3 Å². The predicted molar refractivity (Wildman–Crippen MR) is 128 cm³/mol. The molecule has 1 unspecified atom stereocenters. The molecule has 0 saturated carbocycles. The molecule has 0 spiro atoms. The van der Waals surface area contributed by atoms with E-state index in [1.807, 2.05) is 4.90 Å². The molecule has 3 N–H and O–H groups in total. The summed E-state index contributed by atoms with van der Waals surface area (Å²) in [6.45, 7) is 5.43. The average Bonchev–Trinajstić information content (AvgIpc) is 3.17.